The van der Waals surface area contributed by atoms with Crippen molar-refractivity contribution in [1.82, 2.24) is 4.98 Å². The Morgan fingerprint density at radius 1 is 1.47 bits per heavy atom. The van der Waals surface area contributed by atoms with E-state index in [1.807, 2.05) is 11.8 Å². The molecule has 2 rings (SSSR count). The molecule has 1 aliphatic rings. The molecule has 0 radical (unpaired) electrons. The zero-order chi connectivity index (χ0) is 13.8. The fraction of sp³-hybridized carbons (Fsp3) is 0.583. The summed E-state index contributed by atoms with van der Waals surface area (Å²) in [6.07, 6.45) is 8.12. The molecule has 0 bridgehead atoms. The van der Waals surface area contributed by atoms with Gasteiger partial charge in [0, 0.05) is 17.4 Å². The summed E-state index contributed by atoms with van der Waals surface area (Å²) in [5, 5.41) is 14.8. The number of nitrogens with zero attached hydrogens (tertiary/aromatic N) is 2. The molecule has 0 saturated heterocycles. The lowest BCUT2D eigenvalue weighted by Crippen LogP contribution is -2.27. The summed E-state index contributed by atoms with van der Waals surface area (Å²) in [4.78, 5) is 14.3. The fourth-order valence-corrected chi connectivity index (χ4v) is 3.47. The van der Waals surface area contributed by atoms with Crippen LogP contribution in [-0.4, -0.2) is 27.5 Å². The molecule has 1 N–H and O–H groups in total. The number of nitro groups is 1. The van der Waals surface area contributed by atoms with E-state index in [0.717, 1.165) is 18.1 Å². The van der Waals surface area contributed by atoms with Crippen molar-refractivity contribution in [2.24, 2.45) is 0 Å². The number of pyridine rings is 1. The zero-order valence-corrected chi connectivity index (χ0v) is 13.0. The summed E-state index contributed by atoms with van der Waals surface area (Å²) in [5.74, 6) is 0.693. The Morgan fingerprint density at radius 2 is 2.16 bits per heavy atom. The Kier molecular flexibility index (Phi) is 5.04. The van der Waals surface area contributed by atoms with Gasteiger partial charge in [0.2, 0.25) is 0 Å². The van der Waals surface area contributed by atoms with Gasteiger partial charge in [0.15, 0.2) is 0 Å². The van der Waals surface area contributed by atoms with Gasteiger partial charge < -0.3 is 5.32 Å². The van der Waals surface area contributed by atoms with Gasteiger partial charge in [-0.15, -0.1) is 0 Å². The van der Waals surface area contributed by atoms with E-state index < -0.39 is 4.92 Å². The van der Waals surface area contributed by atoms with Crippen LogP contribution in [0.3, 0.4) is 0 Å². The quantitative estimate of drug-likeness (QED) is 0.663. The zero-order valence-electron chi connectivity index (χ0n) is 10.6. The van der Waals surface area contributed by atoms with E-state index >= 15 is 0 Å². The van der Waals surface area contributed by atoms with E-state index in [0.29, 0.717) is 16.3 Å². The maximum absolute atomic E-state index is 10.6. The molecule has 0 amide bonds. The predicted octanol–water partition coefficient (Wildman–Crippen LogP) is 3.84. The number of nitrogens with one attached hydrogen (secondary N) is 1. The maximum atomic E-state index is 10.6. The van der Waals surface area contributed by atoms with Gasteiger partial charge in [-0.05, 0) is 47.9 Å². The number of rotatable bonds is 4. The molecule has 5 nitrogen and oxygen atoms in total. The number of halogens is 1. The van der Waals surface area contributed by atoms with Gasteiger partial charge in [0.25, 0.3) is 5.69 Å². The number of anilines is 1. The highest BCUT2D eigenvalue weighted by Crippen LogP contribution is 2.31. The molecule has 1 aromatic rings. The minimum absolute atomic E-state index is 0.00326. The summed E-state index contributed by atoms with van der Waals surface area (Å²) in [6, 6.07) is 1.90. The van der Waals surface area contributed by atoms with Crippen LogP contribution in [0, 0.1) is 10.1 Å². The van der Waals surface area contributed by atoms with Crippen LogP contribution in [0.5, 0.6) is 0 Å². The van der Waals surface area contributed by atoms with Crippen molar-refractivity contribution in [3.8, 4) is 0 Å². The van der Waals surface area contributed by atoms with E-state index in [1.54, 1.807) is 0 Å². The molecule has 0 aromatic carbocycles. The molecule has 1 aromatic heterocycles. The van der Waals surface area contributed by atoms with E-state index in [1.165, 1.54) is 25.1 Å². The Hall–Kier alpha value is -0.820. The monoisotopic (exact) mass is 345 g/mol. The predicted molar refractivity (Wildman–Crippen MR) is 81.8 cm³/mol. The number of hydrogen-bond acceptors (Lipinski definition) is 5. The van der Waals surface area contributed by atoms with Crippen LogP contribution in [0.2, 0.25) is 0 Å². The average molecular weight is 346 g/mol. The van der Waals surface area contributed by atoms with Crippen molar-refractivity contribution in [3.05, 3.63) is 26.9 Å². The second kappa shape index (κ2) is 6.56. The second-order valence-corrected chi connectivity index (χ2v) is 6.63. The van der Waals surface area contributed by atoms with Gasteiger partial charge in [-0.25, -0.2) is 4.98 Å². The first-order valence-corrected chi connectivity index (χ1v) is 8.27. The van der Waals surface area contributed by atoms with Crippen molar-refractivity contribution in [2.45, 2.75) is 37.0 Å². The standard InChI is InChI=1S/C12H16BrN3O2S/c1-19-10-4-2-8(3-5-10)15-12-11(13)6-9(7-14-12)16(17)18/h6-8,10H,2-5H2,1H3,(H,14,15). The summed E-state index contributed by atoms with van der Waals surface area (Å²) in [7, 11) is 0. The number of hydrogen-bond donors (Lipinski definition) is 1. The molecular formula is C12H16BrN3O2S. The van der Waals surface area contributed by atoms with Gasteiger partial charge >= 0.3 is 0 Å². The SMILES string of the molecule is CSC1CCC(Nc2ncc([N+](=O)[O-])cc2Br)CC1. The second-order valence-electron chi connectivity index (χ2n) is 4.63. The summed E-state index contributed by atoms with van der Waals surface area (Å²) < 4.78 is 0.647. The van der Waals surface area contributed by atoms with E-state index in [4.69, 9.17) is 0 Å². The number of thioether (sulfide) groups is 1. The van der Waals surface area contributed by atoms with Gasteiger partial charge in [0.05, 0.1) is 9.40 Å². The van der Waals surface area contributed by atoms with Crippen LogP contribution < -0.4 is 5.32 Å². The normalized spacial score (nSPS) is 23.1. The third kappa shape index (κ3) is 3.82. The minimum atomic E-state index is -0.439. The molecule has 0 unspecified atom stereocenters. The molecule has 1 heterocycles. The summed E-state index contributed by atoms with van der Waals surface area (Å²) in [6.45, 7) is 0. The van der Waals surface area contributed by atoms with Crippen LogP contribution >= 0.6 is 27.7 Å². The Balaban J connectivity index is 1.98. The molecule has 104 valence electrons. The largest absolute Gasteiger partial charge is 0.366 e. The molecule has 19 heavy (non-hydrogen) atoms. The highest BCUT2D eigenvalue weighted by Gasteiger charge is 2.21. The highest BCUT2D eigenvalue weighted by atomic mass is 79.9. The Bertz CT molecular complexity index is 464. The molecule has 0 spiro atoms. The molecule has 1 saturated carbocycles. The average Bonchev–Trinajstić information content (AvgIpc) is 2.41. The highest BCUT2D eigenvalue weighted by molar-refractivity contribution is 9.10. The molecule has 1 aliphatic carbocycles. The van der Waals surface area contributed by atoms with Crippen LogP contribution in [0.15, 0.2) is 16.7 Å². The minimum Gasteiger partial charge on any atom is -0.366 e. The lowest BCUT2D eigenvalue weighted by Gasteiger charge is -2.28. The Labute approximate surface area is 124 Å². The van der Waals surface area contributed by atoms with Crippen LogP contribution in [-0.2, 0) is 0 Å². The third-order valence-electron chi connectivity index (χ3n) is 3.39. The lowest BCUT2D eigenvalue weighted by molar-refractivity contribution is -0.385. The number of aromatic nitrogens is 1. The molecule has 7 heteroatoms. The smallest absolute Gasteiger partial charge is 0.288 e. The fourth-order valence-electron chi connectivity index (χ4n) is 2.27. The molecule has 1 fully saturated rings. The first-order chi connectivity index (χ1) is 9.10. The lowest BCUT2D eigenvalue weighted by atomic mass is 9.95. The van der Waals surface area contributed by atoms with Crippen LogP contribution in [0.4, 0.5) is 11.5 Å². The van der Waals surface area contributed by atoms with Crippen molar-refractivity contribution in [1.29, 1.82) is 0 Å². The Morgan fingerprint density at radius 3 is 2.68 bits per heavy atom. The topological polar surface area (TPSA) is 68.1 Å². The maximum Gasteiger partial charge on any atom is 0.288 e. The third-order valence-corrected chi connectivity index (χ3v) is 5.13. The van der Waals surface area contributed by atoms with Crippen LogP contribution in [0.1, 0.15) is 25.7 Å². The molecular weight excluding hydrogens is 330 g/mol. The van der Waals surface area contributed by atoms with Crippen molar-refractivity contribution < 1.29 is 4.92 Å². The molecule has 0 atom stereocenters. The van der Waals surface area contributed by atoms with Gasteiger partial charge in [-0.3, -0.25) is 10.1 Å². The molecule has 0 aliphatic heterocycles. The van der Waals surface area contributed by atoms with Gasteiger partial charge in [-0.2, -0.15) is 11.8 Å². The van der Waals surface area contributed by atoms with Crippen molar-refractivity contribution in [2.75, 3.05) is 11.6 Å². The van der Waals surface area contributed by atoms with Crippen LogP contribution in [0.25, 0.3) is 0 Å². The first-order valence-electron chi connectivity index (χ1n) is 6.19. The van der Waals surface area contributed by atoms with Crippen molar-refractivity contribution in [3.63, 3.8) is 0 Å². The summed E-state index contributed by atoms with van der Waals surface area (Å²) in [5.41, 5.74) is 0.00326. The van der Waals surface area contributed by atoms with Gasteiger partial charge in [0.1, 0.15) is 12.0 Å². The van der Waals surface area contributed by atoms with Gasteiger partial charge in [-0.1, -0.05) is 0 Å². The van der Waals surface area contributed by atoms with E-state index in [2.05, 4.69) is 32.5 Å². The van der Waals surface area contributed by atoms with E-state index in [-0.39, 0.29) is 5.69 Å². The van der Waals surface area contributed by atoms with E-state index in [9.17, 15) is 10.1 Å². The summed E-state index contributed by atoms with van der Waals surface area (Å²) >= 11 is 5.27. The first kappa shape index (κ1) is 14.6. The van der Waals surface area contributed by atoms with Crippen molar-refractivity contribution >= 4 is 39.2 Å².